The lowest BCUT2D eigenvalue weighted by Crippen LogP contribution is -2.68. The molecule has 7 heteroatoms. The molecular formula is C23H29FN2O3S. The molecule has 0 bridgehead atoms. The van der Waals surface area contributed by atoms with Crippen LogP contribution in [0.1, 0.15) is 52.1 Å². The number of fused-ring (bicyclic) bond motifs is 5. The van der Waals surface area contributed by atoms with E-state index in [9.17, 15) is 15.0 Å². The third-order valence-corrected chi connectivity index (χ3v) is 9.81. The lowest BCUT2D eigenvalue weighted by molar-refractivity contribution is -0.223. The molecule has 30 heavy (non-hydrogen) atoms. The first-order valence-corrected chi connectivity index (χ1v) is 11.6. The van der Waals surface area contributed by atoms with Crippen molar-refractivity contribution in [3.05, 3.63) is 34.9 Å². The zero-order valence-electron chi connectivity index (χ0n) is 17.6. The summed E-state index contributed by atoms with van der Waals surface area (Å²) in [5.74, 6) is -0.793. The van der Waals surface area contributed by atoms with Crippen molar-refractivity contribution >= 4 is 22.3 Å². The summed E-state index contributed by atoms with van der Waals surface area (Å²) >= 11 is 1.29. The summed E-state index contributed by atoms with van der Waals surface area (Å²) in [5, 5.41) is 25.5. The van der Waals surface area contributed by atoms with Crippen molar-refractivity contribution in [1.82, 2.24) is 4.98 Å². The predicted octanol–water partition coefficient (Wildman–Crippen LogP) is 3.53. The number of aliphatic hydroxyl groups excluding tert-OH is 1. The van der Waals surface area contributed by atoms with Crippen LogP contribution in [0.5, 0.6) is 0 Å². The Morgan fingerprint density at radius 2 is 2.07 bits per heavy atom. The average Bonchev–Trinajstić information content (AvgIpc) is 3.20. The minimum atomic E-state index is -1.88. The van der Waals surface area contributed by atoms with Crippen LogP contribution in [0.4, 0.5) is 9.52 Å². The van der Waals surface area contributed by atoms with Crippen molar-refractivity contribution in [3.63, 3.8) is 0 Å². The van der Waals surface area contributed by atoms with Crippen LogP contribution in [0.3, 0.4) is 0 Å². The van der Waals surface area contributed by atoms with Gasteiger partial charge in [-0.1, -0.05) is 25.5 Å². The number of nitrogens with two attached hydrogens (primary N) is 1. The third kappa shape index (κ3) is 2.14. The van der Waals surface area contributed by atoms with Crippen LogP contribution in [-0.4, -0.2) is 32.8 Å². The Labute approximate surface area is 179 Å². The Morgan fingerprint density at radius 3 is 2.73 bits per heavy atom. The van der Waals surface area contributed by atoms with E-state index >= 15 is 4.39 Å². The van der Waals surface area contributed by atoms with Gasteiger partial charge in [-0.25, -0.2) is 9.37 Å². The lowest BCUT2D eigenvalue weighted by atomic mass is 9.44. The van der Waals surface area contributed by atoms with Crippen molar-refractivity contribution in [3.8, 4) is 0 Å². The van der Waals surface area contributed by atoms with E-state index in [-0.39, 0.29) is 24.0 Å². The molecule has 1 unspecified atom stereocenters. The number of ketones is 1. The summed E-state index contributed by atoms with van der Waals surface area (Å²) in [4.78, 5) is 16.3. The van der Waals surface area contributed by atoms with E-state index in [2.05, 4.69) is 4.98 Å². The second-order valence-corrected chi connectivity index (χ2v) is 11.1. The molecule has 3 saturated carbocycles. The number of allylic oxidation sites excluding steroid dienone is 4. The molecule has 0 aromatic carbocycles. The summed E-state index contributed by atoms with van der Waals surface area (Å²) < 4.78 is 17.1. The molecule has 1 aromatic heterocycles. The molecule has 4 aliphatic rings. The number of rotatable bonds is 1. The highest BCUT2D eigenvalue weighted by Gasteiger charge is 2.74. The normalized spacial score (nSPS) is 49.9. The highest BCUT2D eigenvalue weighted by molar-refractivity contribution is 7.13. The van der Waals surface area contributed by atoms with Gasteiger partial charge in [0, 0.05) is 22.1 Å². The van der Waals surface area contributed by atoms with Crippen LogP contribution in [0.15, 0.2) is 29.2 Å². The van der Waals surface area contributed by atoms with Crippen LogP contribution >= 0.6 is 11.3 Å². The van der Waals surface area contributed by atoms with E-state index in [4.69, 9.17) is 5.73 Å². The number of alkyl halides is 1. The Hall–Kier alpha value is -1.57. The standard InChI is InChI=1S/C23H29FN2O3S/c1-12-8-16-15-5-4-13-9-14(27)6-7-20(13,2)22(15,24)18(28)10-21(16,3)23(12,29)17-11-30-19(25)26-17/h6-7,9,11-12,15-16,18,28-29H,4-5,8,10H2,1-3H3,(H2,25,26)/t12-,15+,16?,18+,20+,21+,22+,23+/m1/s1. The molecule has 0 aliphatic heterocycles. The first kappa shape index (κ1) is 20.3. The number of hydrogen-bond donors (Lipinski definition) is 3. The SMILES string of the molecule is C[C@@H]1CC2[C@@H]3CCC4=CC(=O)C=C[C@]4(C)[C@@]3(F)[C@@H](O)C[C@]2(C)[C@@]1(O)c1csc(N)n1. The summed E-state index contributed by atoms with van der Waals surface area (Å²) in [6, 6.07) is 0. The molecule has 5 rings (SSSR count). The van der Waals surface area contributed by atoms with Gasteiger partial charge in [-0.15, -0.1) is 11.3 Å². The predicted molar refractivity (Wildman–Crippen MR) is 113 cm³/mol. The summed E-state index contributed by atoms with van der Waals surface area (Å²) in [5.41, 5.74) is 2.27. The van der Waals surface area contributed by atoms with E-state index in [1.807, 2.05) is 20.8 Å². The van der Waals surface area contributed by atoms with Crippen LogP contribution in [0, 0.1) is 28.6 Å². The van der Waals surface area contributed by atoms with Gasteiger partial charge in [0.15, 0.2) is 16.6 Å². The van der Waals surface area contributed by atoms with Gasteiger partial charge < -0.3 is 15.9 Å². The maximum absolute atomic E-state index is 17.1. The number of thiazole rings is 1. The van der Waals surface area contributed by atoms with Crippen molar-refractivity contribution in [2.24, 2.45) is 28.6 Å². The Kier molecular flexibility index (Phi) is 4.08. The molecule has 1 heterocycles. The number of halogens is 1. The highest BCUT2D eigenvalue weighted by atomic mass is 32.1. The molecule has 4 N–H and O–H groups in total. The van der Waals surface area contributed by atoms with E-state index in [1.54, 1.807) is 17.5 Å². The number of carbonyl (C=O) groups excluding carboxylic acids is 1. The van der Waals surface area contributed by atoms with E-state index < -0.39 is 34.1 Å². The zero-order chi connectivity index (χ0) is 21.7. The molecule has 0 radical (unpaired) electrons. The number of aromatic nitrogens is 1. The zero-order valence-corrected chi connectivity index (χ0v) is 18.4. The number of nitrogen functional groups attached to an aromatic ring is 1. The average molecular weight is 433 g/mol. The van der Waals surface area contributed by atoms with E-state index in [1.165, 1.54) is 17.4 Å². The van der Waals surface area contributed by atoms with Gasteiger partial charge in [-0.05, 0) is 56.6 Å². The van der Waals surface area contributed by atoms with Crippen molar-refractivity contribution < 1.29 is 19.4 Å². The number of carbonyl (C=O) groups is 1. The first-order valence-electron chi connectivity index (χ1n) is 10.7. The number of anilines is 1. The fraction of sp³-hybridized carbons (Fsp3) is 0.652. The maximum atomic E-state index is 17.1. The lowest BCUT2D eigenvalue weighted by Gasteiger charge is -2.62. The Morgan fingerprint density at radius 1 is 1.33 bits per heavy atom. The van der Waals surface area contributed by atoms with Gasteiger partial charge in [0.05, 0.1) is 11.8 Å². The third-order valence-electron chi connectivity index (χ3n) is 9.13. The summed E-state index contributed by atoms with van der Waals surface area (Å²) in [6.07, 6.45) is 5.34. The van der Waals surface area contributed by atoms with Gasteiger partial charge >= 0.3 is 0 Å². The van der Waals surface area contributed by atoms with Crippen molar-refractivity contribution in [2.75, 3.05) is 5.73 Å². The topological polar surface area (TPSA) is 96.4 Å². The molecule has 4 aliphatic carbocycles. The van der Waals surface area contributed by atoms with E-state index in [0.29, 0.717) is 30.1 Å². The molecular weight excluding hydrogens is 403 g/mol. The number of aliphatic hydroxyl groups is 2. The van der Waals surface area contributed by atoms with Crippen LogP contribution in [-0.2, 0) is 10.4 Å². The molecule has 5 nitrogen and oxygen atoms in total. The minimum Gasteiger partial charge on any atom is -0.390 e. The van der Waals surface area contributed by atoms with Crippen molar-refractivity contribution in [1.29, 1.82) is 0 Å². The molecule has 0 saturated heterocycles. The van der Waals surface area contributed by atoms with Gasteiger partial charge in [0.25, 0.3) is 0 Å². The summed E-state index contributed by atoms with van der Waals surface area (Å²) in [7, 11) is 0. The van der Waals surface area contributed by atoms with Gasteiger partial charge in [0.1, 0.15) is 5.60 Å². The van der Waals surface area contributed by atoms with Crippen LogP contribution < -0.4 is 5.73 Å². The van der Waals surface area contributed by atoms with E-state index in [0.717, 1.165) is 5.57 Å². The largest absolute Gasteiger partial charge is 0.390 e. The van der Waals surface area contributed by atoms with Crippen LogP contribution in [0.2, 0.25) is 0 Å². The fourth-order valence-electron chi connectivity index (χ4n) is 7.55. The summed E-state index contributed by atoms with van der Waals surface area (Å²) in [6.45, 7) is 5.78. The molecule has 8 atom stereocenters. The monoisotopic (exact) mass is 432 g/mol. The van der Waals surface area contributed by atoms with Gasteiger partial charge in [-0.3, -0.25) is 4.79 Å². The quantitative estimate of drug-likeness (QED) is 0.631. The second kappa shape index (κ2) is 6.02. The van der Waals surface area contributed by atoms with Crippen LogP contribution in [0.25, 0.3) is 0 Å². The minimum absolute atomic E-state index is 0.113. The Balaban J connectivity index is 1.63. The molecule has 0 amide bonds. The first-order chi connectivity index (χ1) is 14.0. The number of nitrogens with zero attached hydrogens (tertiary/aromatic N) is 1. The van der Waals surface area contributed by atoms with Gasteiger partial charge in [0.2, 0.25) is 0 Å². The molecule has 1 aromatic rings. The van der Waals surface area contributed by atoms with Gasteiger partial charge in [-0.2, -0.15) is 0 Å². The second-order valence-electron chi connectivity index (χ2n) is 10.2. The Bertz CT molecular complexity index is 991. The smallest absolute Gasteiger partial charge is 0.180 e. The number of hydrogen-bond acceptors (Lipinski definition) is 6. The molecule has 3 fully saturated rings. The highest BCUT2D eigenvalue weighted by Crippen LogP contribution is 2.72. The van der Waals surface area contributed by atoms with Crippen molar-refractivity contribution in [2.45, 2.75) is 63.8 Å². The molecule has 162 valence electrons. The fourth-order valence-corrected chi connectivity index (χ4v) is 8.17. The maximum Gasteiger partial charge on any atom is 0.180 e. The molecule has 0 spiro atoms.